The molecular formula is C32H36F9K2N14O15S3-. The molecule has 43 heteroatoms. The van der Waals surface area contributed by atoms with Crippen LogP contribution in [0.2, 0.25) is 0 Å². The van der Waals surface area contributed by atoms with Crippen molar-refractivity contribution < 1.29 is 208 Å². The van der Waals surface area contributed by atoms with E-state index in [1.807, 2.05) is 5.10 Å². The number of hydrazine groups is 1. The zero-order chi connectivity index (χ0) is 56.8. The maximum absolute atomic E-state index is 12.7. The smallest absolute Gasteiger partial charge is 1.00 e. The molecule has 0 spiro atoms. The number of nitrogens with one attached hydrogen (secondary N) is 3. The Balaban J connectivity index is -0.000000447. The van der Waals surface area contributed by atoms with E-state index in [4.69, 9.17) is 52.2 Å². The predicted molar refractivity (Wildman–Crippen MR) is 221 cm³/mol. The van der Waals surface area contributed by atoms with Crippen molar-refractivity contribution in [2.24, 2.45) is 21.3 Å². The first-order valence-electron chi connectivity index (χ1n) is 18.0. The van der Waals surface area contributed by atoms with E-state index in [-0.39, 0.29) is 156 Å². The SMILES string of the molecule is CCOC(=O)CC(=O)C(F)(F)F.NNc1ccc(S(N)(=O)=O)cn1.NS(=O)(=O)c1ccc(-n2[nH]c(C(F)(F)F)cc2=O)nc1.NS(=O)(=O)c1ccc(-n2nc(C(F)(F)F)cc2OCCO)nc1.O=CO[O-].[H-].[K+].[K+].[N-]=N. The van der Waals surface area contributed by atoms with Crippen molar-refractivity contribution in [2.45, 2.75) is 46.6 Å². The zero-order valence-corrected chi connectivity index (χ0v) is 46.7. The van der Waals surface area contributed by atoms with Crippen LogP contribution in [0.1, 0.15) is 26.2 Å². The third kappa shape index (κ3) is 27.6. The number of aliphatic hydroxyl groups excluding tert-OH is 1. The molecule has 0 aliphatic rings. The number of esters is 1. The van der Waals surface area contributed by atoms with Crippen LogP contribution in [0.25, 0.3) is 17.2 Å². The second-order valence-corrected chi connectivity index (χ2v) is 16.8. The molecule has 0 atom stereocenters. The van der Waals surface area contributed by atoms with Crippen molar-refractivity contribution in [3.05, 3.63) is 94.4 Å². The first-order chi connectivity index (χ1) is 33.5. The molecule has 5 aromatic heterocycles. The number of anilines is 1. The summed E-state index contributed by atoms with van der Waals surface area (Å²) in [5.74, 6) is 1.55. The zero-order valence-electron chi connectivity index (χ0n) is 39.0. The summed E-state index contributed by atoms with van der Waals surface area (Å²) in [5, 5.41) is 36.9. The monoisotopic (exact) mass is 1200 g/mol. The number of rotatable bonds is 13. The number of H-pyrrole nitrogens is 1. The molecule has 5 heterocycles. The van der Waals surface area contributed by atoms with Gasteiger partial charge < -0.3 is 42.6 Å². The summed E-state index contributed by atoms with van der Waals surface area (Å²) in [4.78, 5) is 53.4. The average Bonchev–Trinajstić information content (AvgIpc) is 3.93. The first-order valence-corrected chi connectivity index (χ1v) is 22.6. The minimum Gasteiger partial charge on any atom is -1.00 e. The first kappa shape index (κ1) is 75.0. The van der Waals surface area contributed by atoms with Crippen LogP contribution >= 0.6 is 0 Å². The summed E-state index contributed by atoms with van der Waals surface area (Å²) in [5.41, 5.74) is 9.82. The summed E-state index contributed by atoms with van der Waals surface area (Å²) in [6.45, 7) is 0.558. The maximum atomic E-state index is 12.7. The van der Waals surface area contributed by atoms with Crippen LogP contribution in [-0.4, -0.2) is 109 Å². The van der Waals surface area contributed by atoms with Gasteiger partial charge in [0.15, 0.2) is 17.3 Å². The van der Waals surface area contributed by atoms with Crippen molar-refractivity contribution >= 4 is 54.1 Å². The fraction of sp³-hybridized carbons (Fsp3) is 0.250. The third-order valence-electron chi connectivity index (χ3n) is 7.06. The molecule has 5 rings (SSSR count). The quantitative estimate of drug-likeness (QED) is 0.00626. The fourth-order valence-corrected chi connectivity index (χ4v) is 5.42. The molecule has 0 fully saturated rings. The number of nitrogens with two attached hydrogens (primary N) is 4. The van der Waals surface area contributed by atoms with Gasteiger partial charge in [-0.25, -0.2) is 66.1 Å². The number of pyridine rings is 3. The Bertz CT molecular complexity index is 2980. The molecule has 0 aliphatic heterocycles. The van der Waals surface area contributed by atoms with Crippen LogP contribution in [0.15, 0.2) is 86.6 Å². The standard InChI is InChI=1S/C11H11F3N4O4S.C9H7F3N4O3S.C6H7F3O3.C5H8N4O2S.CH2O3.2K.HN2.H/c12-11(13,14)8-5-10(22-4-3-19)18(17-8)9-2-1-7(6-16-9)23(15,20)21;10-9(11,12)6-3-8(17)16(15-6)7-2-1-5(4-14-7)20(13,18)19;1-2-12-5(11)3-4(10)6(7,8)9;6-9-5-2-1-4(3-8-5)12(7,10)11;2-1-4-3;;;1-2;/h1-2,5-6,19H,3-4H2,(H2,15,20,21);1-4,15H,(H2,13,18,19);2-3H2,1H3;1-3H,6H2,(H,8,9)(H2,7,10,11);1,3H;;;1H;/q;;;;;2*+1;2*-1/p-1. The molecule has 0 radical (unpaired) electrons. The Hall–Kier alpha value is -4.27. The summed E-state index contributed by atoms with van der Waals surface area (Å²) < 4.78 is 186. The summed E-state index contributed by atoms with van der Waals surface area (Å²) in [7, 11) is -11.6. The van der Waals surface area contributed by atoms with Crippen molar-refractivity contribution in [2.75, 3.05) is 25.2 Å². The number of hydrogen-bond acceptors (Lipinski definition) is 22. The Morgan fingerprint density at radius 1 is 0.827 bits per heavy atom. The molecule has 0 unspecified atom stereocenters. The number of aliphatic hydroxyl groups is 1. The number of ketones is 1. The maximum Gasteiger partial charge on any atom is 1.00 e. The van der Waals surface area contributed by atoms with Crippen LogP contribution in [0.4, 0.5) is 45.3 Å². The van der Waals surface area contributed by atoms with Gasteiger partial charge in [-0.15, -0.1) is 0 Å². The van der Waals surface area contributed by atoms with Gasteiger partial charge in [-0.1, -0.05) is 0 Å². The van der Waals surface area contributed by atoms with E-state index in [2.05, 4.69) is 35.1 Å². The number of halogens is 9. The molecule has 0 amide bonds. The van der Waals surface area contributed by atoms with Gasteiger partial charge in [-0.3, -0.25) is 24.3 Å². The number of sulfonamides is 3. The minimum absolute atomic E-state index is 0. The molecule has 0 saturated carbocycles. The average molecular weight is 1200 g/mol. The number of aromatic amines is 1. The van der Waals surface area contributed by atoms with Gasteiger partial charge in [0.2, 0.25) is 41.7 Å². The number of nitrogens with zero attached hydrogens (tertiary/aromatic N) is 7. The molecule has 12 N–H and O–H groups in total. The van der Waals surface area contributed by atoms with E-state index in [1.54, 1.807) is 0 Å². The van der Waals surface area contributed by atoms with Crippen molar-refractivity contribution in [3.8, 4) is 17.5 Å². The van der Waals surface area contributed by atoms with E-state index in [9.17, 15) is 79.2 Å². The van der Waals surface area contributed by atoms with Gasteiger partial charge in [0.05, 0.1) is 13.2 Å². The molecule has 0 aliphatic carbocycles. The number of hydrogen-bond donors (Lipinski definition) is 8. The van der Waals surface area contributed by atoms with E-state index in [0.717, 1.165) is 47.5 Å². The van der Waals surface area contributed by atoms with Gasteiger partial charge in [0.25, 0.3) is 12.0 Å². The van der Waals surface area contributed by atoms with Gasteiger partial charge in [-0.05, 0) is 43.3 Å². The van der Waals surface area contributed by atoms with E-state index >= 15 is 0 Å². The largest absolute Gasteiger partial charge is 1.00 e. The predicted octanol–water partition coefficient (Wildman–Crippen LogP) is -6.24. The van der Waals surface area contributed by atoms with Crippen LogP contribution < -0.4 is 145 Å². The second kappa shape index (κ2) is 33.8. The van der Waals surface area contributed by atoms with Gasteiger partial charge in [0.1, 0.15) is 39.2 Å². The molecular weight excluding hydrogens is 1170 g/mol. The number of primary sulfonamides is 3. The summed E-state index contributed by atoms with van der Waals surface area (Å²) >= 11 is 0. The normalized spacial score (nSPS) is 11.0. The molecule has 75 heavy (non-hydrogen) atoms. The van der Waals surface area contributed by atoms with Gasteiger partial charge >= 0.3 is 127 Å². The molecule has 0 saturated heterocycles. The molecule has 29 nitrogen and oxygen atoms in total. The second-order valence-electron chi connectivity index (χ2n) is 12.1. The number of ether oxygens (including phenoxy) is 2. The van der Waals surface area contributed by atoms with Crippen molar-refractivity contribution in [1.29, 1.82) is 5.53 Å². The Morgan fingerprint density at radius 2 is 1.28 bits per heavy atom. The molecule has 0 aromatic carbocycles. The van der Waals surface area contributed by atoms with Crippen molar-refractivity contribution in [1.82, 2.24) is 34.5 Å². The molecule has 0 bridgehead atoms. The summed E-state index contributed by atoms with van der Waals surface area (Å²) in [6.07, 6.45) is -12.7. The van der Waals surface area contributed by atoms with E-state index in [1.165, 1.54) is 19.1 Å². The van der Waals surface area contributed by atoms with Gasteiger partial charge in [-0.2, -0.15) is 49.3 Å². The summed E-state index contributed by atoms with van der Waals surface area (Å²) in [6, 6.07) is 8.02. The van der Waals surface area contributed by atoms with Crippen LogP contribution in [0.5, 0.6) is 5.88 Å². The minimum atomic E-state index is -4.95. The number of aromatic nitrogens is 7. The number of carbonyl (C=O) groups is 3. The molecule has 5 aromatic rings. The van der Waals surface area contributed by atoms with Gasteiger partial charge in [0, 0.05) is 30.7 Å². The number of Topliss-reactive ketones (excluding diaryl/α,β-unsaturated/α-hetero) is 1. The van der Waals surface area contributed by atoms with E-state index < -0.39 is 90.3 Å². The van der Waals surface area contributed by atoms with Crippen molar-refractivity contribution in [3.63, 3.8) is 0 Å². The Kier molecular flexibility index (Phi) is 33.8. The van der Waals surface area contributed by atoms with Crippen LogP contribution in [0.3, 0.4) is 0 Å². The topological polar surface area (TPSA) is 481 Å². The number of alkyl halides is 9. The number of nitrogen functional groups attached to an aromatic ring is 1. The Labute approximate surface area is 501 Å². The number of carbonyl (C=O) groups excluding carboxylic acids is 3. The van der Waals surface area contributed by atoms with E-state index in [0.29, 0.717) is 22.6 Å². The van der Waals surface area contributed by atoms with Crippen LogP contribution in [0, 0.1) is 5.53 Å². The molecule has 408 valence electrons. The van der Waals surface area contributed by atoms with Crippen LogP contribution in [-0.2, 0) is 66.4 Å². The fourth-order valence-electron chi connectivity index (χ4n) is 4.05. The Morgan fingerprint density at radius 3 is 1.60 bits per heavy atom. The third-order valence-corrected chi connectivity index (χ3v) is 9.75.